The van der Waals surface area contributed by atoms with Gasteiger partial charge in [0.2, 0.25) is 0 Å². The highest BCUT2D eigenvalue weighted by Crippen LogP contribution is 2.23. The van der Waals surface area contributed by atoms with Crippen LogP contribution < -0.4 is 5.73 Å². The number of fused-ring (bicyclic) bond motifs is 1. The zero-order chi connectivity index (χ0) is 14.7. The van der Waals surface area contributed by atoms with Gasteiger partial charge in [-0.05, 0) is 24.1 Å². The minimum atomic E-state index is 0.318. The average molecular weight is 289 g/mol. The van der Waals surface area contributed by atoms with Gasteiger partial charge in [-0.1, -0.05) is 31.2 Å². The number of hydrogen-bond acceptors (Lipinski definition) is 4. The lowest BCUT2D eigenvalue weighted by Gasteiger charge is -2.40. The van der Waals surface area contributed by atoms with Crippen molar-refractivity contribution in [3.63, 3.8) is 0 Å². The van der Waals surface area contributed by atoms with Crippen molar-refractivity contribution in [2.24, 2.45) is 5.73 Å². The quantitative estimate of drug-likeness (QED) is 0.901. The monoisotopic (exact) mass is 289 g/mol. The molecule has 0 aliphatic carbocycles. The summed E-state index contributed by atoms with van der Waals surface area (Å²) in [5, 5.41) is 0. The van der Waals surface area contributed by atoms with Crippen LogP contribution in [0.2, 0.25) is 0 Å². The summed E-state index contributed by atoms with van der Waals surface area (Å²) < 4.78 is 5.97. The van der Waals surface area contributed by atoms with Gasteiger partial charge in [-0.25, -0.2) is 0 Å². The molecule has 0 saturated carbocycles. The topological polar surface area (TPSA) is 41.7 Å². The van der Waals surface area contributed by atoms with Crippen molar-refractivity contribution in [3.8, 4) is 0 Å². The third kappa shape index (κ3) is 3.46. The van der Waals surface area contributed by atoms with Crippen LogP contribution in [0.4, 0.5) is 0 Å². The van der Waals surface area contributed by atoms with E-state index in [1.165, 1.54) is 11.1 Å². The van der Waals surface area contributed by atoms with E-state index in [-0.39, 0.29) is 0 Å². The first-order chi connectivity index (χ1) is 10.3. The van der Waals surface area contributed by atoms with Gasteiger partial charge < -0.3 is 10.5 Å². The van der Waals surface area contributed by atoms with Gasteiger partial charge in [0.25, 0.3) is 0 Å². The van der Waals surface area contributed by atoms with Crippen LogP contribution >= 0.6 is 0 Å². The lowest BCUT2D eigenvalue weighted by molar-refractivity contribution is -0.0493. The fourth-order valence-corrected chi connectivity index (χ4v) is 3.53. The predicted molar refractivity (Wildman–Crippen MR) is 85.3 cm³/mol. The molecule has 0 radical (unpaired) electrons. The van der Waals surface area contributed by atoms with Gasteiger partial charge in [0, 0.05) is 38.8 Å². The molecular formula is C17H27N3O. The summed E-state index contributed by atoms with van der Waals surface area (Å²) >= 11 is 0. The molecule has 4 heteroatoms. The molecule has 116 valence electrons. The number of rotatable bonds is 4. The summed E-state index contributed by atoms with van der Waals surface area (Å²) in [7, 11) is 0. The smallest absolute Gasteiger partial charge is 0.0829 e. The number of nitrogens with two attached hydrogens (primary N) is 1. The van der Waals surface area contributed by atoms with Gasteiger partial charge >= 0.3 is 0 Å². The van der Waals surface area contributed by atoms with Crippen LogP contribution in [0, 0.1) is 0 Å². The lowest BCUT2D eigenvalue weighted by Crippen LogP contribution is -2.52. The van der Waals surface area contributed by atoms with E-state index in [0.29, 0.717) is 12.1 Å². The van der Waals surface area contributed by atoms with Crippen LogP contribution in [-0.4, -0.2) is 61.3 Å². The molecule has 2 aliphatic heterocycles. The molecule has 0 aromatic heterocycles. The van der Waals surface area contributed by atoms with Gasteiger partial charge in [-0.3, -0.25) is 9.80 Å². The summed E-state index contributed by atoms with van der Waals surface area (Å²) in [6.07, 6.45) is 1.38. The van der Waals surface area contributed by atoms with E-state index in [9.17, 15) is 0 Å². The lowest BCUT2D eigenvalue weighted by atomic mass is 9.93. The van der Waals surface area contributed by atoms with Crippen LogP contribution in [0.1, 0.15) is 18.1 Å². The fourth-order valence-electron chi connectivity index (χ4n) is 3.53. The minimum absolute atomic E-state index is 0.318. The van der Waals surface area contributed by atoms with Gasteiger partial charge in [0.05, 0.1) is 12.7 Å². The molecule has 2 unspecified atom stereocenters. The number of likely N-dealkylation sites (N-methyl/N-ethyl adjacent to an activating group) is 1. The van der Waals surface area contributed by atoms with Crippen molar-refractivity contribution < 1.29 is 4.74 Å². The number of morpholine rings is 1. The summed E-state index contributed by atoms with van der Waals surface area (Å²) in [5.74, 6) is 0. The highest BCUT2D eigenvalue weighted by Gasteiger charge is 2.29. The Morgan fingerprint density at radius 3 is 2.86 bits per heavy atom. The molecule has 1 aromatic rings. The predicted octanol–water partition coefficient (Wildman–Crippen LogP) is 1.09. The number of ether oxygens (including phenoxy) is 1. The van der Waals surface area contributed by atoms with Gasteiger partial charge in [-0.15, -0.1) is 0 Å². The van der Waals surface area contributed by atoms with Crippen molar-refractivity contribution in [3.05, 3.63) is 35.4 Å². The Hall–Kier alpha value is -0.940. The normalized spacial score (nSPS) is 27.5. The van der Waals surface area contributed by atoms with E-state index in [1.54, 1.807) is 0 Å². The molecule has 1 aromatic carbocycles. The van der Waals surface area contributed by atoms with Gasteiger partial charge in [0.1, 0.15) is 0 Å². The van der Waals surface area contributed by atoms with E-state index in [1.807, 2.05) is 0 Å². The van der Waals surface area contributed by atoms with E-state index < -0.39 is 0 Å². The van der Waals surface area contributed by atoms with Crippen molar-refractivity contribution in [2.45, 2.75) is 32.0 Å². The van der Waals surface area contributed by atoms with Crippen LogP contribution in [-0.2, 0) is 17.7 Å². The third-order valence-corrected chi connectivity index (χ3v) is 4.84. The highest BCUT2D eigenvalue weighted by molar-refractivity contribution is 5.30. The van der Waals surface area contributed by atoms with Crippen LogP contribution in [0.3, 0.4) is 0 Å². The molecule has 2 aliphatic rings. The van der Waals surface area contributed by atoms with Gasteiger partial charge in [-0.2, -0.15) is 0 Å². The third-order valence-electron chi connectivity index (χ3n) is 4.84. The molecule has 3 rings (SSSR count). The van der Waals surface area contributed by atoms with E-state index in [2.05, 4.69) is 41.0 Å². The molecule has 21 heavy (non-hydrogen) atoms. The summed E-state index contributed by atoms with van der Waals surface area (Å²) in [4.78, 5) is 5.00. The second kappa shape index (κ2) is 6.88. The first kappa shape index (κ1) is 15.0. The van der Waals surface area contributed by atoms with Crippen LogP contribution in [0.25, 0.3) is 0 Å². The fraction of sp³-hybridized carbons (Fsp3) is 0.647. The molecular weight excluding hydrogens is 262 g/mol. The molecule has 0 spiro atoms. The Kier molecular flexibility index (Phi) is 4.91. The second-order valence-corrected chi connectivity index (χ2v) is 6.18. The first-order valence-corrected chi connectivity index (χ1v) is 8.15. The van der Waals surface area contributed by atoms with Crippen LogP contribution in [0.15, 0.2) is 24.3 Å². The minimum Gasteiger partial charge on any atom is -0.374 e. The second-order valence-electron chi connectivity index (χ2n) is 6.18. The Morgan fingerprint density at radius 2 is 2.10 bits per heavy atom. The Morgan fingerprint density at radius 1 is 1.29 bits per heavy atom. The molecule has 0 bridgehead atoms. The first-order valence-electron chi connectivity index (χ1n) is 8.15. The van der Waals surface area contributed by atoms with Crippen molar-refractivity contribution in [2.75, 3.05) is 39.3 Å². The molecule has 2 heterocycles. The zero-order valence-electron chi connectivity index (χ0n) is 13.0. The van der Waals surface area contributed by atoms with Gasteiger partial charge in [0.15, 0.2) is 0 Å². The highest BCUT2D eigenvalue weighted by atomic mass is 16.5. The van der Waals surface area contributed by atoms with E-state index in [0.717, 1.165) is 52.3 Å². The van der Waals surface area contributed by atoms with E-state index >= 15 is 0 Å². The summed E-state index contributed by atoms with van der Waals surface area (Å²) in [5.41, 5.74) is 8.93. The van der Waals surface area contributed by atoms with Crippen molar-refractivity contribution in [1.82, 2.24) is 9.80 Å². The average Bonchev–Trinajstić information content (AvgIpc) is 2.54. The maximum Gasteiger partial charge on any atom is 0.0829 e. The standard InChI is InChI=1S/C17H27N3O/c1-2-19-7-8-21-17(12-19)13-20-11-15-6-4-3-5-14(15)9-16(20)10-18/h3-6,16-17H,2,7-13,18H2,1H3. The maximum absolute atomic E-state index is 6.02. The summed E-state index contributed by atoms with van der Waals surface area (Å²) in [6.45, 7) is 9.03. The molecule has 0 amide bonds. The number of benzene rings is 1. The Balaban J connectivity index is 1.66. The Labute approximate surface area is 127 Å². The molecule has 1 saturated heterocycles. The largest absolute Gasteiger partial charge is 0.374 e. The Bertz CT molecular complexity index is 465. The van der Waals surface area contributed by atoms with Crippen LogP contribution in [0.5, 0.6) is 0 Å². The summed E-state index contributed by atoms with van der Waals surface area (Å²) in [6, 6.07) is 9.20. The number of hydrogen-bond donors (Lipinski definition) is 1. The van der Waals surface area contributed by atoms with Crippen molar-refractivity contribution in [1.29, 1.82) is 0 Å². The molecule has 4 nitrogen and oxygen atoms in total. The molecule has 2 atom stereocenters. The molecule has 2 N–H and O–H groups in total. The van der Waals surface area contributed by atoms with Crippen molar-refractivity contribution >= 4 is 0 Å². The molecule has 1 fully saturated rings. The number of nitrogens with zero attached hydrogens (tertiary/aromatic N) is 2. The SMILES string of the molecule is CCN1CCOC(CN2Cc3ccccc3CC2CN)C1. The maximum atomic E-state index is 6.02. The van der Waals surface area contributed by atoms with E-state index in [4.69, 9.17) is 10.5 Å². The zero-order valence-corrected chi connectivity index (χ0v) is 13.0.